The Morgan fingerprint density at radius 1 is 1.03 bits per heavy atom. The standard InChI is InChI=1S/C26H30N2O6S4/c1-3-20(16-24-27(18-19(2)35-24)12-6-14-37(29,30)31)17-25-28(13-7-15-38(32,33)34)26-22-9-5-4-8-21(22)10-11-23(26)36-25/h4-5,8-11,16-18H,3,6-7,12-15H2,1-2H3,(H-,29,30,31,32,33,34)/p-1. The minimum atomic E-state index is -4.31. The van der Waals surface area contributed by atoms with E-state index in [2.05, 4.69) is 29.2 Å². The molecular formula is C26H29N2O6S4-. The number of hydrogen-bond acceptors (Lipinski definition) is 9. The lowest BCUT2D eigenvalue weighted by molar-refractivity contribution is -0.693. The molecule has 0 unspecified atom stereocenters. The second kappa shape index (κ2) is 11.9. The van der Waals surface area contributed by atoms with E-state index in [1.807, 2.05) is 48.9 Å². The quantitative estimate of drug-likeness (QED) is 0.233. The topological polar surface area (TPSA) is 122 Å². The zero-order valence-corrected chi connectivity index (χ0v) is 24.4. The Labute approximate surface area is 232 Å². The van der Waals surface area contributed by atoms with Crippen LogP contribution in [-0.4, -0.2) is 44.0 Å². The van der Waals surface area contributed by atoms with E-state index >= 15 is 0 Å². The van der Waals surface area contributed by atoms with Gasteiger partial charge in [0, 0.05) is 40.8 Å². The summed E-state index contributed by atoms with van der Waals surface area (Å²) in [5.74, 6) is -0.828. The van der Waals surface area contributed by atoms with Crippen LogP contribution in [0.2, 0.25) is 0 Å². The molecular weight excluding hydrogens is 565 g/mol. The molecule has 1 aromatic heterocycles. The number of allylic oxidation sites excluding steroid dienone is 2. The molecule has 0 spiro atoms. The maximum absolute atomic E-state index is 11.3. The van der Waals surface area contributed by atoms with E-state index in [-0.39, 0.29) is 12.8 Å². The molecule has 0 radical (unpaired) electrons. The van der Waals surface area contributed by atoms with Crippen molar-refractivity contribution in [2.45, 2.75) is 44.6 Å². The minimum absolute atomic E-state index is 0.213. The van der Waals surface area contributed by atoms with E-state index in [1.165, 1.54) is 0 Å². The van der Waals surface area contributed by atoms with Crippen molar-refractivity contribution in [2.24, 2.45) is 0 Å². The number of aromatic nitrogens is 1. The molecule has 0 amide bonds. The first kappa shape index (κ1) is 28.8. The highest BCUT2D eigenvalue weighted by molar-refractivity contribution is 8.03. The summed E-state index contributed by atoms with van der Waals surface area (Å²) in [6.07, 6.45) is 7.30. The SMILES string of the molecule is CCC(/C=C1\Sc2ccc3ccccc3c2N1CCCS(=O)(=O)[O-])=C\c1sc(C)c[n+]1CCCS(=O)(=O)[O-]. The molecule has 0 atom stereocenters. The first-order chi connectivity index (χ1) is 17.9. The van der Waals surface area contributed by atoms with E-state index in [4.69, 9.17) is 0 Å². The third kappa shape index (κ3) is 7.45. The van der Waals surface area contributed by atoms with Crippen LogP contribution in [0.15, 0.2) is 64.2 Å². The molecule has 2 heterocycles. The van der Waals surface area contributed by atoms with Gasteiger partial charge >= 0.3 is 0 Å². The van der Waals surface area contributed by atoms with Crippen molar-refractivity contribution in [3.05, 3.63) is 69.2 Å². The summed E-state index contributed by atoms with van der Waals surface area (Å²) in [5, 5.41) is 4.04. The van der Waals surface area contributed by atoms with Crippen LogP contribution in [0.5, 0.6) is 0 Å². The van der Waals surface area contributed by atoms with E-state index in [1.54, 1.807) is 23.1 Å². The van der Waals surface area contributed by atoms with Crippen molar-refractivity contribution in [3.63, 3.8) is 0 Å². The fourth-order valence-corrected chi connectivity index (χ4v) is 7.53. The van der Waals surface area contributed by atoms with Crippen LogP contribution in [0, 0.1) is 6.92 Å². The van der Waals surface area contributed by atoms with E-state index in [0.29, 0.717) is 13.1 Å². The maximum Gasteiger partial charge on any atom is 0.262 e. The number of hydrogen-bond donors (Lipinski definition) is 0. The smallest absolute Gasteiger partial charge is 0.262 e. The van der Waals surface area contributed by atoms with Crippen molar-refractivity contribution in [2.75, 3.05) is 23.0 Å². The summed E-state index contributed by atoms with van der Waals surface area (Å²) in [7, 11) is -8.57. The minimum Gasteiger partial charge on any atom is -0.748 e. The fraction of sp³-hybridized carbons (Fsp3) is 0.346. The second-order valence-corrected chi connectivity index (χ2v) is 14.4. The van der Waals surface area contributed by atoms with E-state index < -0.39 is 31.7 Å². The molecule has 0 fully saturated rings. The highest BCUT2D eigenvalue weighted by atomic mass is 32.2. The largest absolute Gasteiger partial charge is 0.748 e. The van der Waals surface area contributed by atoms with Gasteiger partial charge in [-0.25, -0.2) is 16.8 Å². The molecule has 0 saturated carbocycles. The zero-order chi connectivity index (χ0) is 27.5. The Balaban J connectivity index is 1.68. The second-order valence-electron chi connectivity index (χ2n) is 9.05. The van der Waals surface area contributed by atoms with Gasteiger partial charge in [-0.05, 0) is 42.9 Å². The van der Waals surface area contributed by atoms with Gasteiger partial charge in [-0.1, -0.05) is 60.4 Å². The number of anilines is 1. The zero-order valence-electron chi connectivity index (χ0n) is 21.1. The average Bonchev–Trinajstić information content (AvgIpc) is 3.36. The summed E-state index contributed by atoms with van der Waals surface area (Å²) in [6, 6.07) is 12.2. The van der Waals surface area contributed by atoms with Gasteiger partial charge in [0.15, 0.2) is 12.7 Å². The van der Waals surface area contributed by atoms with Crippen LogP contribution in [-0.2, 0) is 26.8 Å². The number of nitrogens with zero attached hydrogens (tertiary/aromatic N) is 2. The predicted octanol–water partition coefficient (Wildman–Crippen LogP) is 4.61. The number of thiazole rings is 1. The highest BCUT2D eigenvalue weighted by Crippen LogP contribution is 2.50. The van der Waals surface area contributed by atoms with Crippen molar-refractivity contribution in [1.82, 2.24) is 0 Å². The molecule has 0 saturated heterocycles. The molecule has 1 aliphatic heterocycles. The van der Waals surface area contributed by atoms with Gasteiger partial charge in [0.05, 0.1) is 35.8 Å². The number of benzene rings is 2. The lowest BCUT2D eigenvalue weighted by atomic mass is 10.1. The third-order valence-corrected chi connectivity index (χ3v) is 9.76. The molecule has 3 aromatic rings. The number of fused-ring (bicyclic) bond motifs is 3. The van der Waals surface area contributed by atoms with E-state index in [0.717, 1.165) is 48.3 Å². The number of rotatable bonds is 11. The average molecular weight is 594 g/mol. The Morgan fingerprint density at radius 2 is 1.74 bits per heavy atom. The lowest BCUT2D eigenvalue weighted by Crippen LogP contribution is -2.35. The van der Waals surface area contributed by atoms with Crippen LogP contribution in [0.25, 0.3) is 16.8 Å². The Morgan fingerprint density at radius 3 is 2.45 bits per heavy atom. The fourth-order valence-electron chi connectivity index (χ4n) is 4.40. The molecule has 12 heteroatoms. The molecule has 0 N–H and O–H groups in total. The monoisotopic (exact) mass is 593 g/mol. The summed E-state index contributed by atoms with van der Waals surface area (Å²) in [6.45, 7) is 4.84. The number of aryl methyl sites for hydroxylation is 2. The molecule has 2 aromatic carbocycles. The number of thioether (sulfide) groups is 1. The Bertz CT molecular complexity index is 1610. The Hall–Kier alpha value is -2.22. The van der Waals surface area contributed by atoms with Crippen LogP contribution < -0.4 is 9.47 Å². The van der Waals surface area contributed by atoms with Crippen LogP contribution in [0.1, 0.15) is 36.1 Å². The molecule has 38 heavy (non-hydrogen) atoms. The van der Waals surface area contributed by atoms with Gasteiger partial charge in [0.2, 0.25) is 0 Å². The summed E-state index contributed by atoms with van der Waals surface area (Å²) < 4.78 is 68.9. The maximum atomic E-state index is 11.3. The van der Waals surface area contributed by atoms with Gasteiger partial charge < -0.3 is 14.0 Å². The first-order valence-electron chi connectivity index (χ1n) is 12.2. The lowest BCUT2D eigenvalue weighted by Gasteiger charge is -2.22. The van der Waals surface area contributed by atoms with Gasteiger partial charge in [-0.3, -0.25) is 0 Å². The van der Waals surface area contributed by atoms with Gasteiger partial charge in [0.1, 0.15) is 0 Å². The van der Waals surface area contributed by atoms with Crippen LogP contribution in [0.4, 0.5) is 5.69 Å². The van der Waals surface area contributed by atoms with Gasteiger partial charge in [-0.15, -0.1) is 0 Å². The summed E-state index contributed by atoms with van der Waals surface area (Å²) >= 11 is 3.20. The summed E-state index contributed by atoms with van der Waals surface area (Å²) in [4.78, 5) is 4.24. The summed E-state index contributed by atoms with van der Waals surface area (Å²) in [5.41, 5.74) is 2.05. The molecule has 4 rings (SSSR count). The Kier molecular flexibility index (Phi) is 9.00. The van der Waals surface area contributed by atoms with Crippen molar-refractivity contribution in [1.29, 1.82) is 0 Å². The van der Waals surface area contributed by atoms with Crippen molar-refractivity contribution in [3.8, 4) is 0 Å². The van der Waals surface area contributed by atoms with Crippen molar-refractivity contribution >= 4 is 65.9 Å². The van der Waals surface area contributed by atoms with Crippen LogP contribution >= 0.6 is 23.1 Å². The van der Waals surface area contributed by atoms with Gasteiger partial charge in [0.25, 0.3) is 5.01 Å². The van der Waals surface area contributed by atoms with Crippen LogP contribution in [0.3, 0.4) is 0 Å². The molecule has 1 aliphatic rings. The first-order valence-corrected chi connectivity index (χ1v) is 17.0. The molecule has 8 nitrogen and oxygen atoms in total. The molecule has 0 aliphatic carbocycles. The molecule has 0 bridgehead atoms. The van der Waals surface area contributed by atoms with E-state index in [9.17, 15) is 25.9 Å². The molecule has 204 valence electrons. The third-order valence-electron chi connectivity index (χ3n) is 6.10. The highest BCUT2D eigenvalue weighted by Gasteiger charge is 2.27. The normalized spacial score (nSPS) is 15.5. The van der Waals surface area contributed by atoms with Crippen molar-refractivity contribution < 1.29 is 30.5 Å². The predicted molar refractivity (Wildman–Crippen MR) is 151 cm³/mol. The van der Waals surface area contributed by atoms with Gasteiger partial charge in [-0.2, -0.15) is 4.57 Å².